The van der Waals surface area contributed by atoms with Gasteiger partial charge in [0.1, 0.15) is 17.3 Å². The third-order valence-electron chi connectivity index (χ3n) is 14.6. The van der Waals surface area contributed by atoms with Crippen molar-refractivity contribution < 1.29 is 9.30 Å². The molecule has 3 heterocycles. The molecule has 10 rings (SSSR count). The first-order valence-electron chi connectivity index (χ1n) is 26.0. The average Bonchev–Trinajstić information content (AvgIpc) is 3.88. The number of imidazole rings is 1. The molecule has 5 heteroatoms. The summed E-state index contributed by atoms with van der Waals surface area (Å²) < 4.78 is 13.6. The van der Waals surface area contributed by atoms with Gasteiger partial charge in [-0.2, -0.15) is 0 Å². The number of ether oxygens (including phenoxy) is 1. The smallest absolute Gasteiger partial charge is 0.269 e. The van der Waals surface area contributed by atoms with Gasteiger partial charge in [-0.1, -0.05) is 207 Å². The Balaban J connectivity index is 1.15. The van der Waals surface area contributed by atoms with E-state index in [9.17, 15) is 0 Å². The summed E-state index contributed by atoms with van der Waals surface area (Å²) in [7, 11) is 0. The topological polar surface area (TPSA) is 35.9 Å². The zero-order valence-corrected chi connectivity index (χ0v) is 45.8. The van der Waals surface area contributed by atoms with Crippen LogP contribution in [0.2, 0.25) is 0 Å². The van der Waals surface area contributed by atoms with E-state index in [4.69, 9.17) is 9.72 Å². The van der Waals surface area contributed by atoms with Crippen LogP contribution in [0.1, 0.15) is 132 Å². The minimum absolute atomic E-state index is 0.0223. The Kier molecular flexibility index (Phi) is 12.0. The predicted octanol–water partition coefficient (Wildman–Crippen LogP) is 17.8. The van der Waals surface area contributed by atoms with E-state index in [0.717, 1.165) is 67.3 Å². The van der Waals surface area contributed by atoms with Crippen molar-refractivity contribution in [2.24, 2.45) is 0 Å². The Morgan fingerprint density at radius 3 is 1.51 bits per heavy atom. The molecular weight excluding hydrogens is 889 g/mol. The molecule has 10 aromatic rings. The van der Waals surface area contributed by atoms with Crippen molar-refractivity contribution in [2.75, 3.05) is 0 Å². The summed E-state index contributed by atoms with van der Waals surface area (Å²) >= 11 is 0. The summed E-state index contributed by atoms with van der Waals surface area (Å²) in [4.78, 5) is 4.92. The van der Waals surface area contributed by atoms with Gasteiger partial charge in [0.25, 0.3) is 6.33 Å². The van der Waals surface area contributed by atoms with Gasteiger partial charge in [-0.3, -0.25) is 13.7 Å². The van der Waals surface area contributed by atoms with Crippen LogP contribution < -0.4 is 9.30 Å². The Bertz CT molecular complexity index is 3570. The molecule has 0 fully saturated rings. The zero-order chi connectivity index (χ0) is 52.0. The molecule has 0 bridgehead atoms. The molecule has 0 aliphatic rings. The third-order valence-corrected chi connectivity index (χ3v) is 14.6. The minimum atomic E-state index is -0.0573. The van der Waals surface area contributed by atoms with Crippen LogP contribution in [0, 0.1) is 6.33 Å². The normalized spacial score (nSPS) is 12.9. The maximum atomic E-state index is 6.86. The molecule has 0 N–H and O–H groups in total. The average molecular weight is 961 g/mol. The molecule has 0 amide bonds. The number of hydrogen-bond donors (Lipinski definition) is 0. The standard InChI is InChI=1S/C68H72N4O/c1-64(2,3)46-32-33-69-62(40-46)72-58-27-17-16-24-56(58)57-31-30-53(42-61(57)72)73-52-23-20-22-51(41-52)70-43-71(60-29-19-18-28-59(60)70)63-54(44-34-47(65(4,5)6)38-48(35-44)66(7,8)9)25-21-26-55(63)45-36-49(67(10,11)12)39-50(37-45)68(13,14)15/h16-42H,1-15H3. The lowest BCUT2D eigenvalue weighted by molar-refractivity contribution is -0.571. The zero-order valence-electron chi connectivity index (χ0n) is 45.8. The fourth-order valence-corrected chi connectivity index (χ4v) is 10.1. The Morgan fingerprint density at radius 1 is 0.425 bits per heavy atom. The summed E-state index contributed by atoms with van der Waals surface area (Å²) in [5.74, 6) is 2.36. The highest BCUT2D eigenvalue weighted by atomic mass is 16.5. The molecule has 0 aliphatic carbocycles. The van der Waals surface area contributed by atoms with E-state index in [1.165, 1.54) is 44.3 Å². The second-order valence-electron chi connectivity index (χ2n) is 25.3. The molecule has 3 aromatic heterocycles. The summed E-state index contributed by atoms with van der Waals surface area (Å²) in [6.07, 6.45) is 5.89. The van der Waals surface area contributed by atoms with Crippen molar-refractivity contribution >= 4 is 32.8 Å². The molecule has 0 atom stereocenters. The number of hydrogen-bond acceptors (Lipinski definition) is 2. The quantitative estimate of drug-likeness (QED) is 0.118. The second-order valence-corrected chi connectivity index (χ2v) is 25.3. The molecule has 0 saturated carbocycles. The predicted molar refractivity (Wildman–Crippen MR) is 307 cm³/mol. The highest BCUT2D eigenvalue weighted by Crippen LogP contribution is 2.42. The number of nitrogens with zero attached hydrogens (tertiary/aromatic N) is 4. The van der Waals surface area contributed by atoms with Crippen LogP contribution in [0.4, 0.5) is 0 Å². The highest BCUT2D eigenvalue weighted by Gasteiger charge is 2.27. The first-order valence-corrected chi connectivity index (χ1v) is 26.0. The van der Waals surface area contributed by atoms with Crippen molar-refractivity contribution in [3.8, 4) is 50.9 Å². The summed E-state index contributed by atoms with van der Waals surface area (Å²) in [5, 5.41) is 2.33. The Labute approximate surface area is 434 Å². The van der Waals surface area contributed by atoms with Crippen LogP contribution in [0.3, 0.4) is 0 Å². The Hall–Kier alpha value is -7.24. The summed E-state index contributed by atoms with van der Waals surface area (Å²) in [6.45, 7) is 34.5. The largest absolute Gasteiger partial charge is 0.458 e. The van der Waals surface area contributed by atoms with Gasteiger partial charge in [-0.05, 0) is 126 Å². The maximum Gasteiger partial charge on any atom is 0.269 e. The lowest BCUT2D eigenvalue weighted by Crippen LogP contribution is -2.31. The van der Waals surface area contributed by atoms with Crippen molar-refractivity contribution in [3.05, 3.63) is 198 Å². The molecule has 0 spiro atoms. The van der Waals surface area contributed by atoms with E-state index >= 15 is 0 Å². The summed E-state index contributed by atoms with van der Waals surface area (Å²) in [6, 6.07) is 57.7. The van der Waals surface area contributed by atoms with Gasteiger partial charge in [0.2, 0.25) is 0 Å². The number of fused-ring (bicyclic) bond motifs is 4. The Morgan fingerprint density at radius 2 is 0.932 bits per heavy atom. The molecule has 0 unspecified atom stereocenters. The first-order chi connectivity index (χ1) is 34.3. The van der Waals surface area contributed by atoms with Gasteiger partial charge >= 0.3 is 0 Å². The van der Waals surface area contributed by atoms with E-state index < -0.39 is 0 Å². The monoisotopic (exact) mass is 961 g/mol. The first kappa shape index (κ1) is 49.3. The molecular formula is C68H72N4O. The highest BCUT2D eigenvalue weighted by molar-refractivity contribution is 6.09. The number of rotatable bonds is 7. The van der Waals surface area contributed by atoms with Crippen molar-refractivity contribution in [1.29, 1.82) is 0 Å². The molecule has 73 heavy (non-hydrogen) atoms. The minimum Gasteiger partial charge on any atom is -0.458 e. The number of benzene rings is 7. The maximum absolute atomic E-state index is 6.86. The van der Waals surface area contributed by atoms with Crippen molar-refractivity contribution in [3.63, 3.8) is 0 Å². The van der Waals surface area contributed by atoms with E-state index in [-0.39, 0.29) is 27.1 Å². The number of para-hydroxylation sites is 4. The van der Waals surface area contributed by atoms with Gasteiger partial charge in [0.15, 0.2) is 0 Å². The van der Waals surface area contributed by atoms with Crippen LogP contribution in [-0.4, -0.2) is 14.1 Å². The lowest BCUT2D eigenvalue weighted by Gasteiger charge is -2.28. The van der Waals surface area contributed by atoms with Crippen molar-refractivity contribution in [2.45, 2.75) is 131 Å². The third kappa shape index (κ3) is 9.51. The fraction of sp³-hybridized carbons (Fsp3) is 0.294. The van der Waals surface area contributed by atoms with Crippen LogP contribution in [0.25, 0.3) is 72.3 Å². The van der Waals surface area contributed by atoms with Crippen molar-refractivity contribution in [1.82, 2.24) is 14.1 Å². The molecule has 0 saturated heterocycles. The van der Waals surface area contributed by atoms with Gasteiger partial charge in [-0.25, -0.2) is 4.98 Å². The molecule has 0 aliphatic heterocycles. The van der Waals surface area contributed by atoms with Gasteiger partial charge in [-0.15, -0.1) is 0 Å². The lowest BCUT2D eigenvalue weighted by atomic mass is 9.77. The van der Waals surface area contributed by atoms with Crippen LogP contribution >= 0.6 is 0 Å². The van der Waals surface area contributed by atoms with Gasteiger partial charge in [0, 0.05) is 23.0 Å². The molecule has 370 valence electrons. The van der Waals surface area contributed by atoms with E-state index in [1.807, 2.05) is 12.3 Å². The number of pyridine rings is 1. The van der Waals surface area contributed by atoms with Gasteiger partial charge < -0.3 is 4.74 Å². The molecule has 0 radical (unpaired) electrons. The van der Waals surface area contributed by atoms with Crippen LogP contribution in [0.5, 0.6) is 11.5 Å². The number of aromatic nitrogens is 4. The molecule has 5 nitrogen and oxygen atoms in total. The summed E-state index contributed by atoms with van der Waals surface area (Å²) in [5.41, 5.74) is 17.2. The van der Waals surface area contributed by atoms with Gasteiger partial charge in [0.05, 0.1) is 33.4 Å². The van der Waals surface area contributed by atoms with E-state index in [0.29, 0.717) is 0 Å². The van der Waals surface area contributed by atoms with Crippen LogP contribution in [0.15, 0.2) is 164 Å². The fourth-order valence-electron chi connectivity index (χ4n) is 10.1. The van der Waals surface area contributed by atoms with E-state index in [1.54, 1.807) is 0 Å². The molecule has 7 aromatic carbocycles. The van der Waals surface area contributed by atoms with Crippen LogP contribution in [-0.2, 0) is 27.1 Å². The second kappa shape index (κ2) is 17.8. The SMILES string of the molecule is CC(C)(C)c1cc(-c2cccc(-c3cc(C(C)(C)C)cc(C(C)(C)C)c3)c2-[n+]2[c-]n(-c3cccc(Oc4ccc5c6ccccc6n(-c6cc(C(C)(C)C)ccn6)c5c4)c3)c3ccccc32)cc(C(C)(C)C)c1. The van der Waals surface area contributed by atoms with E-state index in [2.05, 4.69) is 276 Å².